The SMILES string of the molecule is NC(=O)[C@@H]1CCCN1C1CCN(C(=O)COc2ccccc2F)CC1. The second-order valence-electron chi connectivity index (χ2n) is 6.63. The van der Waals surface area contributed by atoms with Crippen LogP contribution in [0.1, 0.15) is 25.7 Å². The van der Waals surface area contributed by atoms with E-state index in [1.807, 2.05) is 0 Å². The van der Waals surface area contributed by atoms with E-state index in [2.05, 4.69) is 4.90 Å². The summed E-state index contributed by atoms with van der Waals surface area (Å²) in [6.45, 7) is 1.96. The highest BCUT2D eigenvalue weighted by atomic mass is 19.1. The maximum absolute atomic E-state index is 13.5. The van der Waals surface area contributed by atoms with Crippen molar-refractivity contribution in [3.8, 4) is 5.75 Å². The predicted molar refractivity (Wildman–Crippen MR) is 90.4 cm³/mol. The van der Waals surface area contributed by atoms with Crippen molar-refractivity contribution < 1.29 is 18.7 Å². The molecule has 2 amide bonds. The van der Waals surface area contributed by atoms with Crippen LogP contribution in [0.2, 0.25) is 0 Å². The Balaban J connectivity index is 1.48. The van der Waals surface area contributed by atoms with Crippen molar-refractivity contribution in [2.75, 3.05) is 26.2 Å². The highest BCUT2D eigenvalue weighted by Crippen LogP contribution is 2.26. The molecule has 6 nitrogen and oxygen atoms in total. The van der Waals surface area contributed by atoms with Gasteiger partial charge in [-0.05, 0) is 44.4 Å². The predicted octanol–water partition coefficient (Wildman–Crippen LogP) is 1.15. The van der Waals surface area contributed by atoms with E-state index in [1.165, 1.54) is 12.1 Å². The molecule has 0 aliphatic carbocycles. The summed E-state index contributed by atoms with van der Waals surface area (Å²) in [4.78, 5) is 27.8. The maximum Gasteiger partial charge on any atom is 0.260 e. The Hall–Kier alpha value is -2.15. The molecule has 2 N–H and O–H groups in total. The average molecular weight is 349 g/mol. The van der Waals surface area contributed by atoms with E-state index in [1.54, 1.807) is 17.0 Å². The van der Waals surface area contributed by atoms with E-state index in [4.69, 9.17) is 10.5 Å². The van der Waals surface area contributed by atoms with Crippen LogP contribution >= 0.6 is 0 Å². The number of primary amides is 1. The van der Waals surface area contributed by atoms with Gasteiger partial charge in [0.2, 0.25) is 5.91 Å². The number of carbonyl (C=O) groups is 2. The third-order valence-electron chi connectivity index (χ3n) is 5.10. The second kappa shape index (κ2) is 7.82. The average Bonchev–Trinajstić information content (AvgIpc) is 3.11. The molecule has 1 aromatic rings. The number of ether oxygens (including phenoxy) is 1. The molecule has 0 unspecified atom stereocenters. The van der Waals surface area contributed by atoms with E-state index in [0.29, 0.717) is 13.1 Å². The summed E-state index contributed by atoms with van der Waals surface area (Å²) in [7, 11) is 0. The minimum atomic E-state index is -0.472. The molecule has 7 heteroatoms. The van der Waals surface area contributed by atoms with Gasteiger partial charge in [-0.1, -0.05) is 12.1 Å². The molecule has 3 rings (SSSR count). The number of para-hydroxylation sites is 1. The van der Waals surface area contributed by atoms with Gasteiger partial charge in [-0.3, -0.25) is 14.5 Å². The van der Waals surface area contributed by atoms with Crippen molar-refractivity contribution in [2.45, 2.75) is 37.8 Å². The third kappa shape index (κ3) is 4.10. The van der Waals surface area contributed by atoms with Crippen LogP contribution in [-0.2, 0) is 9.59 Å². The topological polar surface area (TPSA) is 75.9 Å². The lowest BCUT2D eigenvalue weighted by molar-refractivity contribution is -0.135. The molecular weight excluding hydrogens is 325 g/mol. The van der Waals surface area contributed by atoms with Crippen LogP contribution in [-0.4, -0.2) is 59.9 Å². The highest BCUT2D eigenvalue weighted by molar-refractivity contribution is 5.80. The number of hydrogen-bond donors (Lipinski definition) is 1. The largest absolute Gasteiger partial charge is 0.481 e. The smallest absolute Gasteiger partial charge is 0.260 e. The maximum atomic E-state index is 13.5. The zero-order valence-electron chi connectivity index (χ0n) is 14.2. The third-order valence-corrected chi connectivity index (χ3v) is 5.10. The van der Waals surface area contributed by atoms with Crippen molar-refractivity contribution in [2.24, 2.45) is 5.73 Å². The van der Waals surface area contributed by atoms with Gasteiger partial charge in [-0.25, -0.2) is 4.39 Å². The fraction of sp³-hybridized carbons (Fsp3) is 0.556. The number of nitrogens with two attached hydrogens (primary N) is 1. The number of amides is 2. The minimum Gasteiger partial charge on any atom is -0.481 e. The molecule has 25 heavy (non-hydrogen) atoms. The normalized spacial score (nSPS) is 22.1. The van der Waals surface area contributed by atoms with Gasteiger partial charge in [-0.2, -0.15) is 0 Å². The number of hydrogen-bond acceptors (Lipinski definition) is 4. The van der Waals surface area contributed by atoms with Crippen molar-refractivity contribution >= 4 is 11.8 Å². The number of benzene rings is 1. The van der Waals surface area contributed by atoms with Crippen LogP contribution in [0.5, 0.6) is 5.75 Å². The molecule has 2 aliphatic rings. The van der Waals surface area contributed by atoms with Crippen LogP contribution in [0.4, 0.5) is 4.39 Å². The quantitative estimate of drug-likeness (QED) is 0.865. The van der Waals surface area contributed by atoms with Gasteiger partial charge in [0.1, 0.15) is 0 Å². The van der Waals surface area contributed by atoms with Gasteiger partial charge in [0, 0.05) is 19.1 Å². The Labute approximate surface area is 146 Å². The minimum absolute atomic E-state index is 0.0899. The van der Waals surface area contributed by atoms with Gasteiger partial charge >= 0.3 is 0 Å². The van der Waals surface area contributed by atoms with Crippen LogP contribution in [0.25, 0.3) is 0 Å². The van der Waals surface area contributed by atoms with E-state index in [0.717, 1.165) is 32.2 Å². The molecule has 1 aromatic carbocycles. The molecule has 0 aromatic heterocycles. The van der Waals surface area contributed by atoms with Crippen molar-refractivity contribution in [3.63, 3.8) is 0 Å². The molecule has 2 aliphatic heterocycles. The molecule has 0 radical (unpaired) electrons. The van der Waals surface area contributed by atoms with Gasteiger partial charge in [-0.15, -0.1) is 0 Å². The van der Waals surface area contributed by atoms with Crippen LogP contribution in [0, 0.1) is 5.82 Å². The van der Waals surface area contributed by atoms with Crippen molar-refractivity contribution in [1.82, 2.24) is 9.80 Å². The fourth-order valence-corrected chi connectivity index (χ4v) is 3.77. The first-order valence-corrected chi connectivity index (χ1v) is 8.76. The summed E-state index contributed by atoms with van der Waals surface area (Å²) in [5.74, 6) is -0.781. The van der Waals surface area contributed by atoms with Gasteiger partial charge in [0.15, 0.2) is 18.2 Å². The van der Waals surface area contributed by atoms with Gasteiger partial charge in [0.25, 0.3) is 5.91 Å². The summed E-state index contributed by atoms with van der Waals surface area (Å²) < 4.78 is 18.8. The molecule has 2 heterocycles. The Morgan fingerprint density at radius 1 is 1.16 bits per heavy atom. The number of carbonyl (C=O) groups excluding carboxylic acids is 2. The van der Waals surface area contributed by atoms with Gasteiger partial charge < -0.3 is 15.4 Å². The molecule has 2 fully saturated rings. The molecule has 0 bridgehead atoms. The molecule has 136 valence electrons. The summed E-state index contributed by atoms with van der Waals surface area (Å²) in [6.07, 6.45) is 3.44. The van der Waals surface area contributed by atoms with Crippen molar-refractivity contribution in [1.29, 1.82) is 0 Å². The standard InChI is InChI=1S/C18H24FN3O3/c19-14-4-1-2-6-16(14)25-12-17(23)21-10-7-13(8-11-21)22-9-3-5-15(22)18(20)24/h1-2,4,6,13,15H,3,5,7-12H2,(H2,20,24)/t15-/m0/s1. The zero-order valence-corrected chi connectivity index (χ0v) is 14.2. The number of rotatable bonds is 5. The zero-order chi connectivity index (χ0) is 17.8. The number of piperidine rings is 1. The summed E-state index contributed by atoms with van der Waals surface area (Å²) in [5.41, 5.74) is 5.49. The Morgan fingerprint density at radius 2 is 1.88 bits per heavy atom. The van der Waals surface area contributed by atoms with Crippen LogP contribution in [0.15, 0.2) is 24.3 Å². The highest BCUT2D eigenvalue weighted by Gasteiger charge is 2.36. The Kier molecular flexibility index (Phi) is 5.53. The van der Waals surface area contributed by atoms with E-state index in [-0.39, 0.29) is 36.3 Å². The van der Waals surface area contributed by atoms with Crippen LogP contribution < -0.4 is 10.5 Å². The number of halogens is 1. The van der Waals surface area contributed by atoms with E-state index < -0.39 is 5.82 Å². The molecule has 2 saturated heterocycles. The lowest BCUT2D eigenvalue weighted by Crippen LogP contribution is -2.51. The van der Waals surface area contributed by atoms with Crippen LogP contribution in [0.3, 0.4) is 0 Å². The second-order valence-corrected chi connectivity index (χ2v) is 6.63. The van der Waals surface area contributed by atoms with Gasteiger partial charge in [0.05, 0.1) is 6.04 Å². The first-order chi connectivity index (χ1) is 12.1. The monoisotopic (exact) mass is 349 g/mol. The van der Waals surface area contributed by atoms with E-state index >= 15 is 0 Å². The first kappa shape index (κ1) is 17.7. The molecular formula is C18H24FN3O3. The van der Waals surface area contributed by atoms with Crippen molar-refractivity contribution in [3.05, 3.63) is 30.1 Å². The fourth-order valence-electron chi connectivity index (χ4n) is 3.77. The summed E-state index contributed by atoms with van der Waals surface area (Å²) in [5, 5.41) is 0. The Morgan fingerprint density at radius 3 is 2.56 bits per heavy atom. The lowest BCUT2D eigenvalue weighted by Gasteiger charge is -2.38. The summed E-state index contributed by atoms with van der Waals surface area (Å²) in [6, 6.07) is 6.17. The lowest BCUT2D eigenvalue weighted by atomic mass is 10.0. The molecule has 1 atom stereocenters. The summed E-state index contributed by atoms with van der Waals surface area (Å²) >= 11 is 0. The first-order valence-electron chi connectivity index (χ1n) is 8.76. The number of nitrogens with zero attached hydrogens (tertiary/aromatic N) is 2. The number of likely N-dealkylation sites (tertiary alicyclic amines) is 2. The Bertz CT molecular complexity index is 632. The molecule has 0 saturated carbocycles. The van der Waals surface area contributed by atoms with E-state index in [9.17, 15) is 14.0 Å². The molecule has 0 spiro atoms.